The van der Waals surface area contributed by atoms with Crippen LogP contribution < -0.4 is 5.32 Å². The van der Waals surface area contributed by atoms with Crippen LogP contribution in [0.1, 0.15) is 31.2 Å². The van der Waals surface area contributed by atoms with Crippen molar-refractivity contribution in [2.75, 3.05) is 25.5 Å². The minimum atomic E-state index is 0.411. The van der Waals surface area contributed by atoms with Gasteiger partial charge in [-0.1, -0.05) is 24.4 Å². The molecule has 0 spiro atoms. The van der Waals surface area contributed by atoms with Crippen LogP contribution in [0.3, 0.4) is 0 Å². The number of hydrogen-bond acceptors (Lipinski definition) is 4. The summed E-state index contributed by atoms with van der Waals surface area (Å²) in [6, 6.07) is 4.40. The number of nitriles is 1. The van der Waals surface area contributed by atoms with Crippen molar-refractivity contribution in [2.24, 2.45) is 0 Å². The van der Waals surface area contributed by atoms with Crippen molar-refractivity contribution in [3.8, 4) is 6.07 Å². The van der Waals surface area contributed by atoms with Gasteiger partial charge in [0.1, 0.15) is 16.9 Å². The summed E-state index contributed by atoms with van der Waals surface area (Å²) in [5, 5.41) is 12.5. The van der Waals surface area contributed by atoms with Crippen LogP contribution in [0.15, 0.2) is 12.3 Å². The van der Waals surface area contributed by atoms with E-state index in [4.69, 9.17) is 16.9 Å². The van der Waals surface area contributed by atoms with E-state index in [0.29, 0.717) is 16.4 Å². The van der Waals surface area contributed by atoms with Crippen molar-refractivity contribution >= 4 is 17.4 Å². The number of halogens is 1. The van der Waals surface area contributed by atoms with Crippen LogP contribution in [0.4, 0.5) is 5.82 Å². The van der Waals surface area contributed by atoms with Gasteiger partial charge in [0.15, 0.2) is 0 Å². The lowest BCUT2D eigenvalue weighted by molar-refractivity contribution is 0.254. The van der Waals surface area contributed by atoms with Crippen LogP contribution >= 0.6 is 11.6 Å². The number of nitrogens with zero attached hydrogens (tertiary/aromatic N) is 3. The van der Waals surface area contributed by atoms with E-state index in [1.54, 1.807) is 12.3 Å². The summed E-state index contributed by atoms with van der Waals surface area (Å²) >= 11 is 6.09. The zero-order valence-electron chi connectivity index (χ0n) is 11.2. The Balaban J connectivity index is 1.84. The average molecular weight is 279 g/mol. The number of pyridine rings is 1. The van der Waals surface area contributed by atoms with E-state index < -0.39 is 0 Å². The highest BCUT2D eigenvalue weighted by molar-refractivity contribution is 6.34. The van der Waals surface area contributed by atoms with Crippen molar-refractivity contribution in [1.82, 2.24) is 9.88 Å². The van der Waals surface area contributed by atoms with Crippen LogP contribution in [0.5, 0.6) is 0 Å². The highest BCUT2D eigenvalue weighted by Crippen LogP contribution is 2.23. The molecule has 102 valence electrons. The molecule has 0 bridgehead atoms. The van der Waals surface area contributed by atoms with Gasteiger partial charge in [-0.3, -0.25) is 0 Å². The van der Waals surface area contributed by atoms with Gasteiger partial charge in [0.25, 0.3) is 0 Å². The summed E-state index contributed by atoms with van der Waals surface area (Å²) < 4.78 is 0. The number of nitrogens with one attached hydrogen (secondary N) is 1. The zero-order valence-corrected chi connectivity index (χ0v) is 12.0. The number of hydrogen-bond donors (Lipinski definition) is 1. The Hall–Kier alpha value is -1.31. The second-order valence-electron chi connectivity index (χ2n) is 4.98. The summed E-state index contributed by atoms with van der Waals surface area (Å²) in [4.78, 5) is 6.56. The quantitative estimate of drug-likeness (QED) is 0.900. The molecule has 1 heterocycles. The molecule has 0 atom stereocenters. The molecule has 0 radical (unpaired) electrons. The molecule has 1 aliphatic rings. The molecule has 0 aromatic carbocycles. The van der Waals surface area contributed by atoms with Gasteiger partial charge >= 0.3 is 0 Å². The summed E-state index contributed by atoms with van der Waals surface area (Å²) in [5.74, 6) is 0.598. The van der Waals surface area contributed by atoms with Crippen LogP contribution in [0.25, 0.3) is 0 Å². The normalized spacial score (nSPS) is 15.7. The fourth-order valence-electron chi connectivity index (χ4n) is 2.53. The topological polar surface area (TPSA) is 52.0 Å². The summed E-state index contributed by atoms with van der Waals surface area (Å²) in [6.07, 6.45) is 6.91. The lowest BCUT2D eigenvalue weighted by Gasteiger charge is -2.24. The molecule has 1 fully saturated rings. The van der Waals surface area contributed by atoms with Gasteiger partial charge in [0, 0.05) is 25.3 Å². The first kappa shape index (κ1) is 14.1. The second-order valence-corrected chi connectivity index (χ2v) is 5.36. The number of anilines is 1. The second kappa shape index (κ2) is 6.74. The first-order valence-electron chi connectivity index (χ1n) is 6.71. The van der Waals surface area contributed by atoms with Gasteiger partial charge in [-0.05, 0) is 26.0 Å². The van der Waals surface area contributed by atoms with E-state index in [9.17, 15) is 0 Å². The van der Waals surface area contributed by atoms with E-state index in [1.807, 2.05) is 0 Å². The van der Waals surface area contributed by atoms with E-state index in [1.165, 1.54) is 25.7 Å². The summed E-state index contributed by atoms with van der Waals surface area (Å²) in [7, 11) is 2.17. The lowest BCUT2D eigenvalue weighted by Crippen LogP contribution is -2.33. The average Bonchev–Trinajstić information content (AvgIpc) is 2.94. The first-order valence-corrected chi connectivity index (χ1v) is 7.09. The number of aromatic nitrogens is 1. The fourth-order valence-corrected chi connectivity index (χ4v) is 2.75. The maximum Gasteiger partial charge on any atom is 0.146 e. The predicted octanol–water partition coefficient (Wildman–Crippen LogP) is 2.89. The molecule has 1 saturated carbocycles. The SMILES string of the molecule is CN(CCNc1nccc(C#N)c1Cl)C1CCCC1. The summed E-state index contributed by atoms with van der Waals surface area (Å²) in [5.41, 5.74) is 0.461. The molecular weight excluding hydrogens is 260 g/mol. The number of likely N-dealkylation sites (N-methyl/N-ethyl adjacent to an activating group) is 1. The van der Waals surface area contributed by atoms with Crippen LogP contribution in [0, 0.1) is 11.3 Å². The number of rotatable bonds is 5. The lowest BCUT2D eigenvalue weighted by atomic mass is 10.2. The Kier molecular flexibility index (Phi) is 5.00. The molecule has 1 aromatic heterocycles. The third-order valence-electron chi connectivity index (χ3n) is 3.71. The van der Waals surface area contributed by atoms with Gasteiger partial charge in [-0.25, -0.2) is 4.98 Å². The Morgan fingerprint density at radius 2 is 2.26 bits per heavy atom. The Labute approximate surface area is 119 Å². The van der Waals surface area contributed by atoms with E-state index in [0.717, 1.165) is 19.1 Å². The molecule has 5 heteroatoms. The highest BCUT2D eigenvalue weighted by atomic mass is 35.5. The molecule has 1 aromatic rings. The van der Waals surface area contributed by atoms with Crippen LogP contribution in [-0.4, -0.2) is 36.1 Å². The van der Waals surface area contributed by atoms with Crippen LogP contribution in [0.2, 0.25) is 5.02 Å². The molecule has 0 amide bonds. The first-order chi connectivity index (χ1) is 9.22. The van der Waals surface area contributed by atoms with E-state index in [2.05, 4.69) is 28.3 Å². The van der Waals surface area contributed by atoms with E-state index >= 15 is 0 Å². The Bertz CT molecular complexity index is 463. The van der Waals surface area contributed by atoms with Crippen molar-refractivity contribution in [2.45, 2.75) is 31.7 Å². The van der Waals surface area contributed by atoms with Gasteiger partial charge < -0.3 is 10.2 Å². The largest absolute Gasteiger partial charge is 0.368 e. The van der Waals surface area contributed by atoms with Crippen molar-refractivity contribution < 1.29 is 0 Å². The van der Waals surface area contributed by atoms with Crippen molar-refractivity contribution in [1.29, 1.82) is 5.26 Å². The van der Waals surface area contributed by atoms with Gasteiger partial charge in [-0.15, -0.1) is 0 Å². The molecular formula is C14H19ClN4. The highest BCUT2D eigenvalue weighted by Gasteiger charge is 2.18. The minimum Gasteiger partial charge on any atom is -0.368 e. The zero-order chi connectivity index (χ0) is 13.7. The molecule has 1 N–H and O–H groups in total. The monoisotopic (exact) mass is 278 g/mol. The van der Waals surface area contributed by atoms with Crippen molar-refractivity contribution in [3.63, 3.8) is 0 Å². The van der Waals surface area contributed by atoms with Gasteiger partial charge in [0.05, 0.1) is 5.56 Å². The van der Waals surface area contributed by atoms with Crippen molar-refractivity contribution in [3.05, 3.63) is 22.8 Å². The summed E-state index contributed by atoms with van der Waals surface area (Å²) in [6.45, 7) is 1.74. The maximum absolute atomic E-state index is 8.90. The Morgan fingerprint density at radius 3 is 2.95 bits per heavy atom. The third-order valence-corrected chi connectivity index (χ3v) is 4.10. The van der Waals surface area contributed by atoms with Gasteiger partial charge in [0.2, 0.25) is 0 Å². The van der Waals surface area contributed by atoms with Gasteiger partial charge in [-0.2, -0.15) is 5.26 Å². The molecule has 4 nitrogen and oxygen atoms in total. The molecule has 19 heavy (non-hydrogen) atoms. The molecule has 0 saturated heterocycles. The molecule has 2 rings (SSSR count). The van der Waals surface area contributed by atoms with Crippen LogP contribution in [-0.2, 0) is 0 Å². The third kappa shape index (κ3) is 3.59. The predicted molar refractivity (Wildman–Crippen MR) is 77.3 cm³/mol. The Morgan fingerprint density at radius 1 is 1.53 bits per heavy atom. The standard InChI is InChI=1S/C14H19ClN4/c1-19(12-4-2-3-5-12)9-8-18-14-13(15)11(10-16)6-7-17-14/h6-7,12H,2-5,8-9H2,1H3,(H,17,18). The van der Waals surface area contributed by atoms with E-state index in [-0.39, 0.29) is 0 Å². The molecule has 0 aliphatic heterocycles. The smallest absolute Gasteiger partial charge is 0.146 e. The minimum absolute atomic E-state index is 0.411. The molecule has 0 unspecified atom stereocenters. The maximum atomic E-state index is 8.90. The fraction of sp³-hybridized carbons (Fsp3) is 0.571. The molecule has 1 aliphatic carbocycles.